The van der Waals surface area contributed by atoms with Gasteiger partial charge in [0.1, 0.15) is 5.69 Å². The molecule has 1 amide bonds. The van der Waals surface area contributed by atoms with Crippen LogP contribution in [0.2, 0.25) is 0 Å². The zero-order valence-electron chi connectivity index (χ0n) is 14.9. The molecule has 0 aliphatic heterocycles. The molecular weight excluding hydrogens is 326 g/mol. The number of anilines is 1. The second-order valence-corrected chi connectivity index (χ2v) is 6.04. The first-order chi connectivity index (χ1) is 12.6. The molecule has 0 unspecified atom stereocenters. The van der Waals surface area contributed by atoms with Crippen molar-refractivity contribution in [1.82, 2.24) is 19.9 Å². The van der Waals surface area contributed by atoms with Crippen LogP contribution in [0.5, 0.6) is 0 Å². The number of benzene rings is 1. The number of nitrogens with zero attached hydrogens (tertiary/aromatic N) is 4. The van der Waals surface area contributed by atoms with E-state index in [1.54, 1.807) is 24.2 Å². The molecule has 0 fully saturated rings. The number of carbonyl (C=O) groups excluding carboxylic acids is 1. The molecule has 132 valence electrons. The van der Waals surface area contributed by atoms with Crippen LogP contribution < -0.4 is 5.32 Å². The van der Waals surface area contributed by atoms with Crippen LogP contribution in [0, 0.1) is 6.92 Å². The van der Waals surface area contributed by atoms with Crippen molar-refractivity contribution in [3.63, 3.8) is 0 Å². The fourth-order valence-corrected chi connectivity index (χ4v) is 2.55. The summed E-state index contributed by atoms with van der Waals surface area (Å²) in [5.41, 5.74) is 3.06. The summed E-state index contributed by atoms with van der Waals surface area (Å²) in [4.78, 5) is 27.4. The van der Waals surface area contributed by atoms with Gasteiger partial charge in [0.25, 0.3) is 5.91 Å². The summed E-state index contributed by atoms with van der Waals surface area (Å²) >= 11 is 0. The molecule has 0 aliphatic rings. The Kier molecular flexibility index (Phi) is 5.53. The third-order valence-electron chi connectivity index (χ3n) is 3.84. The summed E-state index contributed by atoms with van der Waals surface area (Å²) in [6, 6.07) is 17.3. The van der Waals surface area contributed by atoms with Gasteiger partial charge in [0.2, 0.25) is 5.95 Å². The summed E-state index contributed by atoms with van der Waals surface area (Å²) in [6.45, 7) is 2.87. The lowest BCUT2D eigenvalue weighted by Crippen LogP contribution is -2.27. The highest BCUT2D eigenvalue weighted by Gasteiger charge is 2.15. The molecule has 1 aromatic carbocycles. The van der Waals surface area contributed by atoms with Crippen LogP contribution in [0.4, 0.5) is 5.95 Å². The first-order valence-corrected chi connectivity index (χ1v) is 8.40. The van der Waals surface area contributed by atoms with Crippen LogP contribution in [0.1, 0.15) is 27.4 Å². The Labute approximate surface area is 153 Å². The summed E-state index contributed by atoms with van der Waals surface area (Å²) in [5, 5.41) is 3.13. The van der Waals surface area contributed by atoms with Crippen molar-refractivity contribution >= 4 is 11.9 Å². The molecule has 0 aliphatic carbocycles. The third kappa shape index (κ3) is 4.63. The van der Waals surface area contributed by atoms with E-state index >= 15 is 0 Å². The predicted molar refractivity (Wildman–Crippen MR) is 101 cm³/mol. The van der Waals surface area contributed by atoms with Gasteiger partial charge in [-0.1, -0.05) is 36.4 Å². The van der Waals surface area contributed by atoms with E-state index in [0.717, 1.165) is 17.0 Å². The lowest BCUT2D eigenvalue weighted by Gasteiger charge is -2.17. The van der Waals surface area contributed by atoms with Crippen molar-refractivity contribution in [2.45, 2.75) is 20.0 Å². The van der Waals surface area contributed by atoms with Crippen molar-refractivity contribution in [3.8, 4) is 0 Å². The normalized spacial score (nSPS) is 10.4. The van der Waals surface area contributed by atoms with Crippen molar-refractivity contribution in [3.05, 3.63) is 83.4 Å². The molecule has 0 bridgehead atoms. The first kappa shape index (κ1) is 17.5. The van der Waals surface area contributed by atoms with Crippen LogP contribution in [0.3, 0.4) is 0 Å². The van der Waals surface area contributed by atoms with Gasteiger partial charge >= 0.3 is 0 Å². The molecule has 0 saturated heterocycles. The minimum atomic E-state index is -0.139. The summed E-state index contributed by atoms with van der Waals surface area (Å²) in [7, 11) is 1.77. The summed E-state index contributed by atoms with van der Waals surface area (Å²) in [6.07, 6.45) is 1.74. The Balaban J connectivity index is 1.70. The largest absolute Gasteiger partial charge is 0.349 e. The molecule has 0 spiro atoms. The van der Waals surface area contributed by atoms with Crippen LogP contribution in [-0.4, -0.2) is 32.8 Å². The Morgan fingerprint density at radius 3 is 2.58 bits per heavy atom. The number of amides is 1. The van der Waals surface area contributed by atoms with Gasteiger partial charge in [0.15, 0.2) is 0 Å². The lowest BCUT2D eigenvalue weighted by molar-refractivity contribution is 0.0779. The topological polar surface area (TPSA) is 71.0 Å². The first-order valence-electron chi connectivity index (χ1n) is 8.40. The molecule has 1 N–H and O–H groups in total. The van der Waals surface area contributed by atoms with Crippen molar-refractivity contribution in [2.75, 3.05) is 12.4 Å². The highest BCUT2D eigenvalue weighted by atomic mass is 16.2. The number of rotatable bonds is 6. The van der Waals surface area contributed by atoms with Gasteiger partial charge in [0.05, 0.1) is 12.2 Å². The Hall–Kier alpha value is -3.28. The molecule has 2 aromatic heterocycles. The van der Waals surface area contributed by atoms with Gasteiger partial charge < -0.3 is 10.2 Å². The van der Waals surface area contributed by atoms with Gasteiger partial charge in [-0.2, -0.15) is 0 Å². The molecule has 6 nitrogen and oxygen atoms in total. The summed E-state index contributed by atoms with van der Waals surface area (Å²) < 4.78 is 0. The number of nitrogens with one attached hydrogen (secondary N) is 1. The van der Waals surface area contributed by atoms with E-state index in [4.69, 9.17) is 0 Å². The second-order valence-electron chi connectivity index (χ2n) is 6.04. The standard InChI is InChI=1S/C20H21N5O/c1-15-12-18(19(26)25(2)14-16-8-4-3-5-9-16)24-20(23-15)22-13-17-10-6-7-11-21-17/h3-12H,13-14H2,1-2H3,(H,22,23,24). The Morgan fingerprint density at radius 2 is 1.85 bits per heavy atom. The molecule has 2 heterocycles. The highest BCUT2D eigenvalue weighted by molar-refractivity contribution is 5.92. The number of aromatic nitrogens is 3. The molecule has 0 atom stereocenters. The van der Waals surface area contributed by atoms with Crippen molar-refractivity contribution in [1.29, 1.82) is 0 Å². The maximum absolute atomic E-state index is 12.7. The average molecular weight is 347 g/mol. The molecule has 26 heavy (non-hydrogen) atoms. The van der Waals surface area contributed by atoms with E-state index in [2.05, 4.69) is 20.3 Å². The number of pyridine rings is 1. The van der Waals surface area contributed by atoms with Gasteiger partial charge in [-0.15, -0.1) is 0 Å². The predicted octanol–water partition coefficient (Wildman–Crippen LogP) is 3.06. The van der Waals surface area contributed by atoms with Crippen LogP contribution >= 0.6 is 0 Å². The fraction of sp³-hybridized carbons (Fsp3) is 0.200. The zero-order chi connectivity index (χ0) is 18.4. The Bertz CT molecular complexity index is 868. The van der Waals surface area contributed by atoms with Crippen molar-refractivity contribution in [2.24, 2.45) is 0 Å². The smallest absolute Gasteiger partial charge is 0.272 e. The molecular formula is C20H21N5O. The van der Waals surface area contributed by atoms with E-state index < -0.39 is 0 Å². The highest BCUT2D eigenvalue weighted by Crippen LogP contribution is 2.11. The van der Waals surface area contributed by atoms with E-state index in [-0.39, 0.29) is 5.91 Å². The van der Waals surface area contributed by atoms with Crippen LogP contribution in [-0.2, 0) is 13.1 Å². The number of hydrogen-bond acceptors (Lipinski definition) is 5. The van der Waals surface area contributed by atoms with E-state index in [9.17, 15) is 4.79 Å². The SMILES string of the molecule is Cc1cc(C(=O)N(C)Cc2ccccc2)nc(NCc2ccccn2)n1. The monoisotopic (exact) mass is 347 g/mol. The quantitative estimate of drug-likeness (QED) is 0.742. The van der Waals surface area contributed by atoms with Gasteiger partial charge in [-0.05, 0) is 30.7 Å². The molecule has 0 radical (unpaired) electrons. The molecule has 3 rings (SSSR count). The van der Waals surface area contributed by atoms with Gasteiger partial charge in [0, 0.05) is 25.5 Å². The minimum absolute atomic E-state index is 0.139. The maximum Gasteiger partial charge on any atom is 0.272 e. The van der Waals surface area contributed by atoms with E-state index in [0.29, 0.717) is 24.7 Å². The van der Waals surface area contributed by atoms with Gasteiger partial charge in [-0.25, -0.2) is 9.97 Å². The van der Waals surface area contributed by atoms with Crippen LogP contribution in [0.15, 0.2) is 60.8 Å². The molecule has 3 aromatic rings. The van der Waals surface area contributed by atoms with Gasteiger partial charge in [-0.3, -0.25) is 9.78 Å². The number of carbonyl (C=O) groups is 1. The molecule has 0 saturated carbocycles. The third-order valence-corrected chi connectivity index (χ3v) is 3.84. The van der Waals surface area contributed by atoms with E-state index in [1.807, 2.05) is 55.5 Å². The minimum Gasteiger partial charge on any atom is -0.349 e. The summed E-state index contributed by atoms with van der Waals surface area (Å²) in [5.74, 6) is 0.285. The lowest BCUT2D eigenvalue weighted by atomic mass is 10.2. The second kappa shape index (κ2) is 8.20. The average Bonchev–Trinajstić information content (AvgIpc) is 2.67. The number of hydrogen-bond donors (Lipinski definition) is 1. The number of aryl methyl sites for hydroxylation is 1. The van der Waals surface area contributed by atoms with E-state index in [1.165, 1.54) is 0 Å². The maximum atomic E-state index is 12.7. The zero-order valence-corrected chi connectivity index (χ0v) is 14.9. The fourth-order valence-electron chi connectivity index (χ4n) is 2.55. The Morgan fingerprint density at radius 1 is 1.08 bits per heavy atom. The van der Waals surface area contributed by atoms with Crippen LogP contribution in [0.25, 0.3) is 0 Å². The van der Waals surface area contributed by atoms with Crippen molar-refractivity contribution < 1.29 is 4.79 Å². The molecule has 6 heteroatoms.